The number of halogens is 1. The SMILES string of the molecule is C=CCC(NC)c1ccncc1F. The predicted octanol–water partition coefficient (Wildman–Crippen LogP) is 2.06. The molecule has 0 amide bonds. The summed E-state index contributed by atoms with van der Waals surface area (Å²) in [6, 6.07) is 1.67. The highest BCUT2D eigenvalue weighted by atomic mass is 19.1. The highest BCUT2D eigenvalue weighted by molar-refractivity contribution is 5.17. The highest BCUT2D eigenvalue weighted by Gasteiger charge is 2.11. The van der Waals surface area contributed by atoms with Gasteiger partial charge in [0.1, 0.15) is 5.82 Å². The molecule has 13 heavy (non-hydrogen) atoms. The smallest absolute Gasteiger partial charge is 0.146 e. The minimum Gasteiger partial charge on any atom is -0.313 e. The zero-order chi connectivity index (χ0) is 9.68. The van der Waals surface area contributed by atoms with E-state index in [-0.39, 0.29) is 11.9 Å². The van der Waals surface area contributed by atoms with Gasteiger partial charge in [-0.2, -0.15) is 0 Å². The van der Waals surface area contributed by atoms with Crippen molar-refractivity contribution in [2.24, 2.45) is 0 Å². The van der Waals surface area contributed by atoms with Crippen LogP contribution in [0.5, 0.6) is 0 Å². The van der Waals surface area contributed by atoms with Crippen molar-refractivity contribution in [3.63, 3.8) is 0 Å². The maximum absolute atomic E-state index is 13.2. The average Bonchev–Trinajstić information content (AvgIpc) is 2.16. The topological polar surface area (TPSA) is 24.9 Å². The molecule has 0 spiro atoms. The number of hydrogen-bond donors (Lipinski definition) is 1. The van der Waals surface area contributed by atoms with Gasteiger partial charge in [-0.25, -0.2) is 4.39 Å². The molecule has 1 aromatic heterocycles. The molecule has 1 N–H and O–H groups in total. The molecule has 0 saturated carbocycles. The largest absolute Gasteiger partial charge is 0.313 e. The number of pyridine rings is 1. The van der Waals surface area contributed by atoms with Gasteiger partial charge >= 0.3 is 0 Å². The van der Waals surface area contributed by atoms with Gasteiger partial charge < -0.3 is 5.32 Å². The van der Waals surface area contributed by atoms with Crippen LogP contribution in [0.4, 0.5) is 4.39 Å². The molecule has 1 heterocycles. The van der Waals surface area contributed by atoms with Gasteiger partial charge in [-0.05, 0) is 19.5 Å². The van der Waals surface area contributed by atoms with E-state index in [9.17, 15) is 4.39 Å². The standard InChI is InChI=1S/C10H13FN2/c1-3-4-10(12-2)8-5-6-13-7-9(8)11/h3,5-7,10,12H,1,4H2,2H3. The van der Waals surface area contributed by atoms with Crippen LogP contribution in [-0.4, -0.2) is 12.0 Å². The van der Waals surface area contributed by atoms with Crippen LogP contribution in [0.1, 0.15) is 18.0 Å². The van der Waals surface area contributed by atoms with Crippen molar-refractivity contribution in [1.29, 1.82) is 0 Å². The van der Waals surface area contributed by atoms with Gasteiger partial charge in [-0.15, -0.1) is 6.58 Å². The van der Waals surface area contributed by atoms with E-state index in [4.69, 9.17) is 0 Å². The molecule has 1 rings (SSSR count). The molecule has 1 atom stereocenters. The third-order valence-corrected chi connectivity index (χ3v) is 1.93. The van der Waals surface area contributed by atoms with Crippen LogP contribution in [0, 0.1) is 5.82 Å². The Kier molecular flexibility index (Phi) is 3.58. The lowest BCUT2D eigenvalue weighted by atomic mass is 10.1. The molecule has 0 saturated heterocycles. The molecule has 70 valence electrons. The first-order valence-corrected chi connectivity index (χ1v) is 4.17. The van der Waals surface area contributed by atoms with E-state index in [1.165, 1.54) is 6.20 Å². The molecule has 0 fully saturated rings. The monoisotopic (exact) mass is 180 g/mol. The summed E-state index contributed by atoms with van der Waals surface area (Å²) < 4.78 is 13.2. The van der Waals surface area contributed by atoms with Crippen LogP contribution in [-0.2, 0) is 0 Å². The Labute approximate surface area is 77.5 Å². The van der Waals surface area contributed by atoms with Crippen LogP contribution < -0.4 is 5.32 Å². The number of nitrogens with zero attached hydrogens (tertiary/aromatic N) is 1. The van der Waals surface area contributed by atoms with E-state index < -0.39 is 0 Å². The van der Waals surface area contributed by atoms with E-state index in [2.05, 4.69) is 16.9 Å². The number of nitrogens with one attached hydrogen (secondary N) is 1. The lowest BCUT2D eigenvalue weighted by molar-refractivity contribution is 0.536. The minimum atomic E-state index is -0.274. The van der Waals surface area contributed by atoms with Gasteiger partial charge in [-0.3, -0.25) is 4.98 Å². The molecule has 3 heteroatoms. The van der Waals surface area contributed by atoms with Crippen LogP contribution in [0.2, 0.25) is 0 Å². The Hall–Kier alpha value is -1.22. The summed E-state index contributed by atoms with van der Waals surface area (Å²) in [7, 11) is 1.80. The quantitative estimate of drug-likeness (QED) is 0.717. The first-order chi connectivity index (χ1) is 6.29. The fraction of sp³-hybridized carbons (Fsp3) is 0.300. The molecule has 0 bridgehead atoms. The number of rotatable bonds is 4. The molecule has 0 aliphatic carbocycles. The van der Waals surface area contributed by atoms with Gasteiger partial charge in [0, 0.05) is 17.8 Å². The van der Waals surface area contributed by atoms with Gasteiger partial charge in [0.25, 0.3) is 0 Å². The normalized spacial score (nSPS) is 12.5. The first kappa shape index (κ1) is 9.86. The molecule has 2 nitrogen and oxygen atoms in total. The second-order valence-corrected chi connectivity index (χ2v) is 2.76. The lowest BCUT2D eigenvalue weighted by Crippen LogP contribution is -2.16. The van der Waals surface area contributed by atoms with E-state index in [1.807, 2.05) is 0 Å². The molecule has 0 aliphatic heterocycles. The Morgan fingerprint density at radius 2 is 2.54 bits per heavy atom. The Bertz CT molecular complexity index is 286. The zero-order valence-corrected chi connectivity index (χ0v) is 7.63. The van der Waals surface area contributed by atoms with Crippen LogP contribution in [0.15, 0.2) is 31.1 Å². The third-order valence-electron chi connectivity index (χ3n) is 1.93. The van der Waals surface area contributed by atoms with Crippen molar-refractivity contribution >= 4 is 0 Å². The van der Waals surface area contributed by atoms with Crippen molar-refractivity contribution in [1.82, 2.24) is 10.3 Å². The third kappa shape index (κ3) is 2.36. The molecular formula is C10H13FN2. The van der Waals surface area contributed by atoms with Crippen molar-refractivity contribution in [3.8, 4) is 0 Å². The van der Waals surface area contributed by atoms with Crippen LogP contribution >= 0.6 is 0 Å². The summed E-state index contributed by atoms with van der Waals surface area (Å²) >= 11 is 0. The Morgan fingerprint density at radius 3 is 3.08 bits per heavy atom. The number of aromatic nitrogens is 1. The number of hydrogen-bond acceptors (Lipinski definition) is 2. The second kappa shape index (κ2) is 4.72. The Balaban J connectivity index is 2.90. The maximum atomic E-state index is 13.2. The van der Waals surface area contributed by atoms with E-state index in [0.29, 0.717) is 12.0 Å². The zero-order valence-electron chi connectivity index (χ0n) is 7.63. The van der Waals surface area contributed by atoms with Crippen molar-refractivity contribution in [3.05, 3.63) is 42.5 Å². The van der Waals surface area contributed by atoms with Crippen molar-refractivity contribution < 1.29 is 4.39 Å². The molecule has 0 aliphatic rings. The van der Waals surface area contributed by atoms with Gasteiger partial charge in [0.2, 0.25) is 0 Å². The predicted molar refractivity (Wildman–Crippen MR) is 50.8 cm³/mol. The molecular weight excluding hydrogens is 167 g/mol. The fourth-order valence-corrected chi connectivity index (χ4v) is 1.24. The Morgan fingerprint density at radius 1 is 1.77 bits per heavy atom. The molecule has 0 aromatic carbocycles. The molecule has 1 unspecified atom stereocenters. The summed E-state index contributed by atoms with van der Waals surface area (Å²) in [5.74, 6) is -0.274. The van der Waals surface area contributed by atoms with Crippen LogP contribution in [0.3, 0.4) is 0 Å². The molecule has 1 aromatic rings. The summed E-state index contributed by atoms with van der Waals surface area (Å²) in [5.41, 5.74) is 0.636. The van der Waals surface area contributed by atoms with Gasteiger partial charge in [0.15, 0.2) is 0 Å². The summed E-state index contributed by atoms with van der Waals surface area (Å²) in [5, 5.41) is 3.02. The van der Waals surface area contributed by atoms with E-state index in [0.717, 1.165) is 0 Å². The first-order valence-electron chi connectivity index (χ1n) is 4.17. The fourth-order valence-electron chi connectivity index (χ4n) is 1.24. The van der Waals surface area contributed by atoms with Crippen molar-refractivity contribution in [2.45, 2.75) is 12.5 Å². The second-order valence-electron chi connectivity index (χ2n) is 2.76. The van der Waals surface area contributed by atoms with Gasteiger partial charge in [-0.1, -0.05) is 6.08 Å². The van der Waals surface area contributed by atoms with E-state index >= 15 is 0 Å². The van der Waals surface area contributed by atoms with Crippen LogP contribution in [0.25, 0.3) is 0 Å². The summed E-state index contributed by atoms with van der Waals surface area (Å²) in [6.45, 7) is 3.63. The van der Waals surface area contributed by atoms with E-state index in [1.54, 1.807) is 25.4 Å². The van der Waals surface area contributed by atoms with Crippen molar-refractivity contribution in [2.75, 3.05) is 7.05 Å². The van der Waals surface area contributed by atoms with Gasteiger partial charge in [0.05, 0.1) is 6.20 Å². The highest BCUT2D eigenvalue weighted by Crippen LogP contribution is 2.18. The lowest BCUT2D eigenvalue weighted by Gasteiger charge is -2.14. The molecule has 0 radical (unpaired) electrons. The minimum absolute atomic E-state index is 0.0134. The average molecular weight is 180 g/mol. The summed E-state index contributed by atoms with van der Waals surface area (Å²) in [6.07, 6.45) is 5.28. The summed E-state index contributed by atoms with van der Waals surface area (Å²) in [4.78, 5) is 3.69. The maximum Gasteiger partial charge on any atom is 0.146 e.